The van der Waals surface area contributed by atoms with Crippen molar-refractivity contribution in [2.45, 2.75) is 59.8 Å². The Morgan fingerprint density at radius 3 is 2.61 bits per heavy atom. The molecule has 0 aliphatic heterocycles. The summed E-state index contributed by atoms with van der Waals surface area (Å²) in [4.78, 5) is 24.5. The van der Waals surface area contributed by atoms with Gasteiger partial charge in [-0.3, -0.25) is 9.59 Å². The van der Waals surface area contributed by atoms with E-state index in [0.717, 1.165) is 31.3 Å². The molecule has 4 atom stereocenters. The number of fused-ring (bicyclic) bond motifs is 3. The minimum atomic E-state index is -0.675. The molecule has 1 N–H and O–H groups in total. The van der Waals surface area contributed by atoms with E-state index >= 15 is 0 Å². The third-order valence-corrected chi connectivity index (χ3v) is 6.91. The van der Waals surface area contributed by atoms with Crippen molar-refractivity contribution >= 4 is 11.8 Å². The molecule has 4 unspecified atom stereocenters. The molecule has 0 radical (unpaired) electrons. The van der Waals surface area contributed by atoms with E-state index in [1.165, 1.54) is 5.57 Å². The molecule has 3 rings (SSSR count). The highest BCUT2D eigenvalue weighted by Gasteiger charge is 2.57. The van der Waals surface area contributed by atoms with Crippen LogP contribution < -0.4 is 0 Å². The molecule has 0 amide bonds. The van der Waals surface area contributed by atoms with E-state index in [0.29, 0.717) is 6.42 Å². The lowest BCUT2D eigenvalue weighted by Gasteiger charge is -2.56. The molecule has 3 aliphatic rings. The Morgan fingerprint density at radius 1 is 1.30 bits per heavy atom. The third-order valence-electron chi connectivity index (χ3n) is 6.91. The number of carbonyl (C=O) groups excluding carboxylic acids is 1. The standard InChI is InChI=1S/C20H28O3/c1-12(2)14-10-13-6-7-17-19(3,15(13)11-16(14)21)8-5-9-20(17,4)18(22)23/h6,10,12,15,17H,5,7-9,11H2,1-4H3,(H,22,23). The van der Waals surface area contributed by atoms with Gasteiger partial charge in [0, 0.05) is 6.42 Å². The Balaban J connectivity index is 2.05. The van der Waals surface area contributed by atoms with Gasteiger partial charge in [0.05, 0.1) is 5.41 Å². The average molecular weight is 316 g/mol. The summed E-state index contributed by atoms with van der Waals surface area (Å²) in [7, 11) is 0. The maximum Gasteiger partial charge on any atom is 0.309 e. The highest BCUT2D eigenvalue weighted by Crippen LogP contribution is 2.61. The molecule has 3 aliphatic carbocycles. The Hall–Kier alpha value is -1.38. The summed E-state index contributed by atoms with van der Waals surface area (Å²) in [5.74, 6) is 0.148. The van der Waals surface area contributed by atoms with E-state index in [1.807, 2.05) is 6.92 Å². The molecule has 0 heterocycles. The Labute approximate surface area is 138 Å². The smallest absolute Gasteiger partial charge is 0.309 e. The molecule has 0 aromatic heterocycles. The van der Waals surface area contributed by atoms with Gasteiger partial charge in [-0.05, 0) is 60.5 Å². The van der Waals surface area contributed by atoms with Crippen molar-refractivity contribution in [1.82, 2.24) is 0 Å². The molecule has 0 aromatic carbocycles. The monoisotopic (exact) mass is 316 g/mol. The van der Waals surface area contributed by atoms with E-state index in [9.17, 15) is 14.7 Å². The molecule has 3 nitrogen and oxygen atoms in total. The predicted octanol–water partition coefficient (Wildman–Crippen LogP) is 4.39. The first-order valence-corrected chi connectivity index (χ1v) is 8.88. The second kappa shape index (κ2) is 5.32. The van der Waals surface area contributed by atoms with Gasteiger partial charge in [0.15, 0.2) is 5.78 Å². The van der Waals surface area contributed by atoms with E-state index < -0.39 is 11.4 Å². The summed E-state index contributed by atoms with van der Waals surface area (Å²) >= 11 is 0. The van der Waals surface area contributed by atoms with Crippen molar-refractivity contribution in [3.8, 4) is 0 Å². The number of carboxylic acid groups (broad SMARTS) is 1. The fraction of sp³-hybridized carbons (Fsp3) is 0.700. The SMILES string of the molecule is CC(C)C1=CC2=CCC3C(C)(C(=O)O)CCCC3(C)C2CC1=O. The predicted molar refractivity (Wildman–Crippen MR) is 89.9 cm³/mol. The van der Waals surface area contributed by atoms with Crippen LogP contribution in [0.2, 0.25) is 0 Å². The number of rotatable bonds is 2. The Bertz CT molecular complexity index is 612. The van der Waals surface area contributed by atoms with Crippen LogP contribution >= 0.6 is 0 Å². The average Bonchev–Trinajstić information content (AvgIpc) is 2.46. The topological polar surface area (TPSA) is 54.4 Å². The van der Waals surface area contributed by atoms with Crippen LogP contribution in [0.25, 0.3) is 0 Å². The minimum Gasteiger partial charge on any atom is -0.481 e. The molecule has 1 fully saturated rings. The molecule has 3 heteroatoms. The van der Waals surface area contributed by atoms with E-state index in [1.54, 1.807) is 0 Å². The molecular weight excluding hydrogens is 288 g/mol. The second-order valence-electron chi connectivity index (χ2n) is 8.51. The summed E-state index contributed by atoms with van der Waals surface area (Å²) in [6, 6.07) is 0. The van der Waals surface area contributed by atoms with Crippen molar-refractivity contribution in [2.24, 2.45) is 28.6 Å². The summed E-state index contributed by atoms with van der Waals surface area (Å²) in [6.07, 6.45) is 8.42. The number of ketones is 1. The number of hydrogen-bond acceptors (Lipinski definition) is 2. The van der Waals surface area contributed by atoms with Gasteiger partial charge < -0.3 is 5.11 Å². The van der Waals surface area contributed by atoms with Crippen LogP contribution in [-0.4, -0.2) is 16.9 Å². The van der Waals surface area contributed by atoms with Crippen molar-refractivity contribution < 1.29 is 14.7 Å². The van der Waals surface area contributed by atoms with Crippen LogP contribution in [0.5, 0.6) is 0 Å². The van der Waals surface area contributed by atoms with Crippen molar-refractivity contribution in [2.75, 3.05) is 0 Å². The van der Waals surface area contributed by atoms with Gasteiger partial charge >= 0.3 is 5.97 Å². The van der Waals surface area contributed by atoms with Gasteiger partial charge in [-0.1, -0.05) is 39.3 Å². The lowest BCUT2D eigenvalue weighted by molar-refractivity contribution is -0.162. The van der Waals surface area contributed by atoms with Crippen LogP contribution in [0.3, 0.4) is 0 Å². The molecule has 126 valence electrons. The zero-order chi connectivity index (χ0) is 17.0. The first-order chi connectivity index (χ1) is 10.7. The summed E-state index contributed by atoms with van der Waals surface area (Å²) < 4.78 is 0. The summed E-state index contributed by atoms with van der Waals surface area (Å²) in [6.45, 7) is 8.29. The maximum absolute atomic E-state index is 12.6. The number of allylic oxidation sites excluding steroid dienone is 4. The van der Waals surface area contributed by atoms with Gasteiger partial charge in [0.2, 0.25) is 0 Å². The zero-order valence-corrected chi connectivity index (χ0v) is 14.7. The van der Waals surface area contributed by atoms with E-state index in [2.05, 4.69) is 32.9 Å². The van der Waals surface area contributed by atoms with Crippen molar-refractivity contribution in [3.05, 3.63) is 23.3 Å². The second-order valence-corrected chi connectivity index (χ2v) is 8.51. The largest absolute Gasteiger partial charge is 0.481 e. The third kappa shape index (κ3) is 2.31. The van der Waals surface area contributed by atoms with Crippen molar-refractivity contribution in [3.63, 3.8) is 0 Å². The first kappa shape index (κ1) is 16.5. The van der Waals surface area contributed by atoms with E-state index in [-0.39, 0.29) is 29.0 Å². The quantitative estimate of drug-likeness (QED) is 0.822. The molecule has 23 heavy (non-hydrogen) atoms. The lowest BCUT2D eigenvalue weighted by atomic mass is 9.47. The van der Waals surface area contributed by atoms with Gasteiger partial charge in [0.25, 0.3) is 0 Å². The highest BCUT2D eigenvalue weighted by atomic mass is 16.4. The van der Waals surface area contributed by atoms with Crippen molar-refractivity contribution in [1.29, 1.82) is 0 Å². The molecule has 1 saturated carbocycles. The van der Waals surface area contributed by atoms with E-state index in [4.69, 9.17) is 0 Å². The fourth-order valence-corrected chi connectivity index (χ4v) is 5.45. The van der Waals surface area contributed by atoms with Gasteiger partial charge in [-0.25, -0.2) is 0 Å². The minimum absolute atomic E-state index is 0.0792. The van der Waals surface area contributed by atoms with Crippen LogP contribution in [0, 0.1) is 28.6 Å². The van der Waals surface area contributed by atoms with Crippen LogP contribution in [0.15, 0.2) is 23.3 Å². The number of hydrogen-bond donors (Lipinski definition) is 1. The Morgan fingerprint density at radius 2 is 2.00 bits per heavy atom. The van der Waals surface area contributed by atoms with Gasteiger partial charge in [0.1, 0.15) is 0 Å². The maximum atomic E-state index is 12.6. The van der Waals surface area contributed by atoms with Crippen LogP contribution in [-0.2, 0) is 9.59 Å². The molecular formula is C20H28O3. The zero-order valence-electron chi connectivity index (χ0n) is 14.7. The summed E-state index contributed by atoms with van der Waals surface area (Å²) in [5, 5.41) is 9.81. The first-order valence-electron chi connectivity index (χ1n) is 8.88. The molecule has 0 saturated heterocycles. The van der Waals surface area contributed by atoms with Gasteiger partial charge in [-0.15, -0.1) is 0 Å². The van der Waals surface area contributed by atoms with Gasteiger partial charge in [-0.2, -0.15) is 0 Å². The fourth-order valence-electron chi connectivity index (χ4n) is 5.45. The Kier molecular flexibility index (Phi) is 3.81. The number of aliphatic carboxylic acids is 1. The van der Waals surface area contributed by atoms with Crippen LogP contribution in [0.1, 0.15) is 59.8 Å². The van der Waals surface area contributed by atoms with Crippen LogP contribution in [0.4, 0.5) is 0 Å². The summed E-state index contributed by atoms with van der Waals surface area (Å²) in [5.41, 5.74) is 1.47. The molecule has 0 aromatic rings. The number of carboxylic acids is 1. The lowest BCUT2D eigenvalue weighted by Crippen LogP contribution is -2.53. The molecule has 0 spiro atoms. The highest BCUT2D eigenvalue weighted by molar-refractivity contribution is 5.98. The molecule has 0 bridgehead atoms. The normalized spacial score (nSPS) is 40.1. The number of carbonyl (C=O) groups is 2. The number of Topliss-reactive ketones (excluding diaryl/α,β-unsaturated/α-hetero) is 1.